The number of benzene rings is 4. The minimum absolute atomic E-state index is 0.0662. The number of carbonyl (C=O) groups is 2. The summed E-state index contributed by atoms with van der Waals surface area (Å²) >= 11 is 12.5. The van der Waals surface area contributed by atoms with Crippen molar-refractivity contribution in [3.63, 3.8) is 0 Å². The lowest BCUT2D eigenvalue weighted by molar-refractivity contribution is -0.138. The maximum absolute atomic E-state index is 13.3. The van der Waals surface area contributed by atoms with Crippen molar-refractivity contribution >= 4 is 35.0 Å². The Balaban J connectivity index is 1.02. The average Bonchev–Trinajstić information content (AvgIpc) is 3.41. The van der Waals surface area contributed by atoms with Gasteiger partial charge in [-0.3, -0.25) is 9.59 Å². The lowest BCUT2D eigenvalue weighted by atomic mass is 9.90. The van der Waals surface area contributed by atoms with E-state index in [2.05, 4.69) is 15.5 Å². The van der Waals surface area contributed by atoms with E-state index in [4.69, 9.17) is 23.2 Å². The molecule has 4 aromatic rings. The summed E-state index contributed by atoms with van der Waals surface area (Å²) in [6, 6.07) is 26.1. The molecular weight excluding hydrogens is 658 g/mol. The maximum atomic E-state index is 13.3. The molecule has 250 valence electrons. The Morgan fingerprint density at radius 1 is 0.812 bits per heavy atom. The van der Waals surface area contributed by atoms with Crippen molar-refractivity contribution < 1.29 is 22.8 Å². The molecule has 4 aromatic carbocycles. The largest absolute Gasteiger partial charge is 0.405 e. The fraction of sp³-hybridized carbons (Fsp3) is 0.316. The Morgan fingerprint density at radius 3 is 2.27 bits per heavy atom. The first kappa shape index (κ1) is 34.0. The van der Waals surface area contributed by atoms with E-state index in [9.17, 15) is 22.8 Å². The molecule has 1 fully saturated rings. The Hall–Kier alpha value is -3.85. The van der Waals surface area contributed by atoms with E-state index in [1.165, 1.54) is 0 Å². The van der Waals surface area contributed by atoms with Crippen LogP contribution in [0.5, 0.6) is 0 Å². The topological polar surface area (TPSA) is 61.4 Å². The van der Waals surface area contributed by atoms with E-state index in [0.29, 0.717) is 15.6 Å². The lowest BCUT2D eigenvalue weighted by Crippen LogP contribution is -2.45. The summed E-state index contributed by atoms with van der Waals surface area (Å²) in [7, 11) is 0. The van der Waals surface area contributed by atoms with Gasteiger partial charge in [-0.05, 0) is 90.2 Å². The quantitative estimate of drug-likeness (QED) is 0.164. The number of amides is 2. The summed E-state index contributed by atoms with van der Waals surface area (Å²) in [6.45, 7) is 1.29. The second-order valence-electron chi connectivity index (χ2n) is 12.4. The highest BCUT2D eigenvalue weighted by Gasteiger charge is 2.37. The van der Waals surface area contributed by atoms with Crippen LogP contribution in [0.3, 0.4) is 0 Å². The standard InChI is InChI=1S/C38H36Cl2F3N3O2/c39-25-15-16-29(33(40)22-25)27-10-2-4-13-32(27)36(47)45-26-17-20-46(21-18-26)19-6-5-8-24-9-7-14-30-28-11-1-3-12-31(28)35(34(24)30)37(48)44-23-38(41,42)43/h1-4,7,9-16,22,26,35H,5-6,8,17-21,23H2,(H,44,48)(H,45,47). The van der Waals surface area contributed by atoms with Gasteiger partial charge in [0.05, 0.1) is 5.92 Å². The number of aryl methyl sites for hydroxylation is 1. The van der Waals surface area contributed by atoms with Gasteiger partial charge in [0.25, 0.3) is 5.91 Å². The molecule has 2 amide bonds. The van der Waals surface area contributed by atoms with Crippen LogP contribution in [0.1, 0.15) is 58.6 Å². The number of unbranched alkanes of at least 4 members (excludes halogenated alkanes) is 1. The molecule has 1 aliphatic carbocycles. The number of carbonyl (C=O) groups excluding carboxylic acids is 2. The number of hydrogen-bond donors (Lipinski definition) is 2. The Kier molecular flexibility index (Phi) is 10.4. The highest BCUT2D eigenvalue weighted by molar-refractivity contribution is 6.36. The Labute approximate surface area is 288 Å². The van der Waals surface area contributed by atoms with Crippen molar-refractivity contribution in [2.24, 2.45) is 0 Å². The zero-order valence-electron chi connectivity index (χ0n) is 26.3. The van der Waals surface area contributed by atoms with Gasteiger partial charge in [0.15, 0.2) is 0 Å². The maximum Gasteiger partial charge on any atom is 0.405 e. The molecule has 6 rings (SSSR count). The molecule has 0 bridgehead atoms. The van der Waals surface area contributed by atoms with Crippen LogP contribution in [0.2, 0.25) is 10.0 Å². The van der Waals surface area contributed by atoms with Crippen molar-refractivity contribution in [3.05, 3.63) is 117 Å². The second-order valence-corrected chi connectivity index (χ2v) is 13.3. The van der Waals surface area contributed by atoms with E-state index in [1.54, 1.807) is 12.1 Å². The van der Waals surface area contributed by atoms with Crippen molar-refractivity contribution in [1.82, 2.24) is 15.5 Å². The van der Waals surface area contributed by atoms with E-state index < -0.39 is 24.5 Å². The SMILES string of the molecule is O=C(NC1CCN(CCCCc2cccc3c2C(C(=O)NCC(F)(F)F)c2ccccc2-3)CC1)c1ccccc1-c1ccc(Cl)cc1Cl. The van der Waals surface area contributed by atoms with Crippen LogP contribution < -0.4 is 10.6 Å². The molecule has 1 atom stereocenters. The van der Waals surface area contributed by atoms with E-state index in [-0.39, 0.29) is 11.9 Å². The van der Waals surface area contributed by atoms with Gasteiger partial charge in [-0.15, -0.1) is 0 Å². The minimum atomic E-state index is -4.48. The van der Waals surface area contributed by atoms with Crippen molar-refractivity contribution in [3.8, 4) is 22.3 Å². The summed E-state index contributed by atoms with van der Waals surface area (Å²) in [5, 5.41) is 6.36. The second kappa shape index (κ2) is 14.7. The normalized spacial score (nSPS) is 16.3. The number of piperidine rings is 1. The number of nitrogens with zero attached hydrogens (tertiary/aromatic N) is 1. The fourth-order valence-corrected chi connectivity index (χ4v) is 7.47. The number of alkyl halides is 3. The predicted octanol–water partition coefficient (Wildman–Crippen LogP) is 8.67. The highest BCUT2D eigenvalue weighted by Crippen LogP contribution is 2.46. The minimum Gasteiger partial charge on any atom is -0.349 e. The Bertz CT molecular complexity index is 1800. The van der Waals surface area contributed by atoms with Gasteiger partial charge in [-0.25, -0.2) is 0 Å². The molecule has 1 unspecified atom stereocenters. The van der Waals surface area contributed by atoms with Crippen molar-refractivity contribution in [2.75, 3.05) is 26.2 Å². The zero-order valence-corrected chi connectivity index (χ0v) is 27.8. The van der Waals surface area contributed by atoms with Crippen LogP contribution in [0.15, 0.2) is 84.9 Å². The van der Waals surface area contributed by atoms with Crippen molar-refractivity contribution in [2.45, 2.75) is 50.2 Å². The molecule has 0 spiro atoms. The molecule has 48 heavy (non-hydrogen) atoms. The molecule has 2 N–H and O–H groups in total. The molecule has 5 nitrogen and oxygen atoms in total. The van der Waals surface area contributed by atoms with Crippen molar-refractivity contribution in [1.29, 1.82) is 0 Å². The van der Waals surface area contributed by atoms with E-state index >= 15 is 0 Å². The number of nitrogens with one attached hydrogen (secondary N) is 2. The van der Waals surface area contributed by atoms with Gasteiger partial charge in [-0.1, -0.05) is 89.9 Å². The van der Waals surface area contributed by atoms with Gasteiger partial charge >= 0.3 is 6.18 Å². The van der Waals surface area contributed by atoms with Gasteiger partial charge in [0.1, 0.15) is 6.54 Å². The number of rotatable bonds is 10. The van der Waals surface area contributed by atoms with Crippen LogP contribution in [0.25, 0.3) is 22.3 Å². The first-order chi connectivity index (χ1) is 23.1. The molecule has 0 radical (unpaired) electrons. The molecule has 0 saturated carbocycles. The summed E-state index contributed by atoms with van der Waals surface area (Å²) < 4.78 is 38.8. The number of fused-ring (bicyclic) bond motifs is 3. The lowest BCUT2D eigenvalue weighted by Gasteiger charge is -2.32. The van der Waals surface area contributed by atoms with Crippen LogP contribution in [-0.2, 0) is 11.2 Å². The first-order valence-corrected chi connectivity index (χ1v) is 17.0. The number of halogens is 5. The summed E-state index contributed by atoms with van der Waals surface area (Å²) in [5.41, 5.74) is 6.45. The van der Waals surface area contributed by atoms with E-state index in [0.717, 1.165) is 90.7 Å². The fourth-order valence-electron chi connectivity index (χ4n) is 6.96. The number of hydrogen-bond acceptors (Lipinski definition) is 3. The molecule has 0 aromatic heterocycles. The third-order valence-electron chi connectivity index (χ3n) is 9.26. The van der Waals surface area contributed by atoms with Crippen LogP contribution >= 0.6 is 23.2 Å². The molecular formula is C38H36Cl2F3N3O2. The van der Waals surface area contributed by atoms with Gasteiger partial charge in [0, 0.05) is 40.3 Å². The van der Waals surface area contributed by atoms with Crippen LogP contribution in [0, 0.1) is 0 Å². The van der Waals surface area contributed by atoms with Crippen LogP contribution in [-0.4, -0.2) is 55.1 Å². The van der Waals surface area contributed by atoms with Gasteiger partial charge in [-0.2, -0.15) is 13.2 Å². The average molecular weight is 695 g/mol. The summed E-state index contributed by atoms with van der Waals surface area (Å²) in [5.74, 6) is -1.52. The highest BCUT2D eigenvalue weighted by atomic mass is 35.5. The van der Waals surface area contributed by atoms with Gasteiger partial charge in [0.2, 0.25) is 5.91 Å². The zero-order chi connectivity index (χ0) is 33.8. The molecule has 1 saturated heterocycles. The first-order valence-electron chi connectivity index (χ1n) is 16.2. The molecule has 2 aliphatic rings. The van der Waals surface area contributed by atoms with Gasteiger partial charge < -0.3 is 15.5 Å². The van der Waals surface area contributed by atoms with E-state index in [1.807, 2.05) is 72.8 Å². The third kappa shape index (κ3) is 7.72. The number of likely N-dealkylation sites (tertiary alicyclic amines) is 1. The van der Waals surface area contributed by atoms with Crippen LogP contribution in [0.4, 0.5) is 13.2 Å². The summed E-state index contributed by atoms with van der Waals surface area (Å²) in [6.07, 6.45) is -0.250. The third-order valence-corrected chi connectivity index (χ3v) is 9.81. The Morgan fingerprint density at radius 2 is 1.52 bits per heavy atom. The molecule has 10 heteroatoms. The monoisotopic (exact) mass is 693 g/mol. The molecule has 1 aliphatic heterocycles. The predicted molar refractivity (Wildman–Crippen MR) is 185 cm³/mol. The summed E-state index contributed by atoms with van der Waals surface area (Å²) in [4.78, 5) is 28.9. The smallest absolute Gasteiger partial charge is 0.349 e. The molecule has 1 heterocycles.